The number of fused-ring (bicyclic) bond motifs is 1. The van der Waals surface area contributed by atoms with Crippen LogP contribution < -0.4 is 0 Å². The van der Waals surface area contributed by atoms with Gasteiger partial charge in [0.15, 0.2) is 11.6 Å². The molecule has 36 heavy (non-hydrogen) atoms. The fourth-order valence-electron chi connectivity index (χ4n) is 5.82. The molecule has 1 aliphatic heterocycles. The van der Waals surface area contributed by atoms with Crippen LogP contribution in [0.5, 0.6) is 0 Å². The number of carbonyl (C=O) groups is 3. The normalized spacial score (nSPS) is 18.9. The monoisotopic (exact) mass is 481 g/mol. The lowest BCUT2D eigenvalue weighted by Gasteiger charge is -2.35. The second-order valence-electron chi connectivity index (χ2n) is 9.83. The number of piperidine rings is 1. The van der Waals surface area contributed by atoms with Gasteiger partial charge in [-0.05, 0) is 44.0 Å². The van der Waals surface area contributed by atoms with E-state index in [-0.39, 0.29) is 17.7 Å². The molecule has 0 radical (unpaired) electrons. The third-order valence-corrected chi connectivity index (χ3v) is 7.44. The summed E-state index contributed by atoms with van der Waals surface area (Å²) in [5.74, 6) is -2.38. The third kappa shape index (κ3) is 4.18. The van der Waals surface area contributed by atoms with Crippen molar-refractivity contribution in [1.29, 1.82) is 0 Å². The van der Waals surface area contributed by atoms with Crippen LogP contribution >= 0.6 is 0 Å². The van der Waals surface area contributed by atoms with E-state index in [1.807, 2.05) is 31.2 Å². The number of carbonyl (C=O) groups excluding carboxylic acids is 3. The number of hydrogen-bond donors (Lipinski definition) is 0. The zero-order valence-corrected chi connectivity index (χ0v) is 20.6. The Morgan fingerprint density at radius 1 is 0.806 bits per heavy atom. The topological polar surface area (TPSA) is 63.7 Å². The van der Waals surface area contributed by atoms with E-state index in [4.69, 9.17) is 4.74 Å². The number of esters is 1. The van der Waals surface area contributed by atoms with Gasteiger partial charge in [-0.1, -0.05) is 91.3 Å². The number of rotatable bonds is 7. The van der Waals surface area contributed by atoms with Crippen molar-refractivity contribution in [1.82, 2.24) is 4.90 Å². The summed E-state index contributed by atoms with van der Waals surface area (Å²) >= 11 is 0. The molecule has 3 aromatic carbocycles. The van der Waals surface area contributed by atoms with E-state index < -0.39 is 17.3 Å². The van der Waals surface area contributed by atoms with Crippen LogP contribution in [0, 0.1) is 0 Å². The number of likely N-dealkylation sites (tertiary alicyclic amines) is 1. The molecule has 0 N–H and O–H groups in total. The van der Waals surface area contributed by atoms with Crippen LogP contribution in [0.25, 0.3) is 0 Å². The lowest BCUT2D eigenvalue weighted by Crippen LogP contribution is -2.49. The van der Waals surface area contributed by atoms with Crippen LogP contribution in [-0.4, -0.2) is 48.2 Å². The van der Waals surface area contributed by atoms with Crippen molar-refractivity contribution in [2.24, 2.45) is 0 Å². The van der Waals surface area contributed by atoms with Crippen LogP contribution in [0.1, 0.15) is 63.9 Å². The van der Waals surface area contributed by atoms with Crippen LogP contribution in [0.3, 0.4) is 0 Å². The predicted octanol–water partition coefficient (Wildman–Crippen LogP) is 5.21. The Balaban J connectivity index is 1.60. The highest BCUT2D eigenvalue weighted by atomic mass is 16.5. The minimum absolute atomic E-state index is 0.349. The van der Waals surface area contributed by atoms with E-state index in [0.717, 1.165) is 25.9 Å². The number of Topliss-reactive ketones (excluding diaryl/α,β-unsaturated/α-hetero) is 2. The molecule has 5 heteroatoms. The largest absolute Gasteiger partial charge is 0.461 e. The first-order valence-electron chi connectivity index (χ1n) is 12.8. The van der Waals surface area contributed by atoms with Crippen molar-refractivity contribution in [2.45, 2.75) is 43.6 Å². The minimum atomic E-state index is -1.73. The van der Waals surface area contributed by atoms with Crippen molar-refractivity contribution >= 4 is 17.5 Å². The fraction of sp³-hybridized carbons (Fsp3) is 0.323. The summed E-state index contributed by atoms with van der Waals surface area (Å²) in [5, 5.41) is 0. The molecule has 184 valence electrons. The molecule has 1 aliphatic carbocycles. The summed E-state index contributed by atoms with van der Waals surface area (Å²) < 4.78 is 6.04. The molecule has 2 aliphatic rings. The lowest BCUT2D eigenvalue weighted by molar-refractivity contribution is -0.152. The summed E-state index contributed by atoms with van der Waals surface area (Å²) in [7, 11) is 0. The molecule has 0 spiro atoms. The summed E-state index contributed by atoms with van der Waals surface area (Å²) in [6.45, 7) is 4.50. The van der Waals surface area contributed by atoms with Crippen LogP contribution in [-0.2, 0) is 14.9 Å². The number of ether oxygens (including phenoxy) is 1. The van der Waals surface area contributed by atoms with Crippen LogP contribution in [0.15, 0.2) is 84.9 Å². The maximum Gasteiger partial charge on any atom is 0.315 e. The zero-order chi connectivity index (χ0) is 25.1. The highest BCUT2D eigenvalue weighted by Gasteiger charge is 2.61. The second-order valence-corrected chi connectivity index (χ2v) is 9.83. The minimum Gasteiger partial charge on any atom is -0.461 e. The first-order valence-corrected chi connectivity index (χ1v) is 12.8. The van der Waals surface area contributed by atoms with E-state index in [1.165, 1.54) is 6.42 Å². The Kier molecular flexibility index (Phi) is 6.84. The van der Waals surface area contributed by atoms with Crippen molar-refractivity contribution in [3.05, 3.63) is 107 Å². The zero-order valence-electron chi connectivity index (χ0n) is 20.6. The molecule has 0 bridgehead atoms. The van der Waals surface area contributed by atoms with E-state index in [2.05, 4.69) is 4.90 Å². The lowest BCUT2D eigenvalue weighted by atomic mass is 9.64. The molecule has 0 amide bonds. The summed E-state index contributed by atoms with van der Waals surface area (Å²) in [5.41, 5.74) is 0.0634. The number of ketones is 2. The van der Waals surface area contributed by atoms with Gasteiger partial charge in [-0.2, -0.15) is 0 Å². The van der Waals surface area contributed by atoms with Gasteiger partial charge in [-0.3, -0.25) is 19.3 Å². The van der Waals surface area contributed by atoms with Crippen molar-refractivity contribution in [2.75, 3.05) is 19.6 Å². The predicted molar refractivity (Wildman–Crippen MR) is 138 cm³/mol. The molecule has 5 nitrogen and oxygen atoms in total. The molecule has 2 unspecified atom stereocenters. The smallest absolute Gasteiger partial charge is 0.315 e. The van der Waals surface area contributed by atoms with Crippen molar-refractivity contribution in [3.8, 4) is 0 Å². The Bertz CT molecular complexity index is 1210. The molecular weight excluding hydrogens is 450 g/mol. The van der Waals surface area contributed by atoms with Crippen molar-refractivity contribution < 1.29 is 19.1 Å². The van der Waals surface area contributed by atoms with E-state index in [9.17, 15) is 14.4 Å². The average molecular weight is 482 g/mol. The maximum atomic E-state index is 14.2. The van der Waals surface area contributed by atoms with Gasteiger partial charge in [-0.25, -0.2) is 0 Å². The summed E-state index contributed by atoms with van der Waals surface area (Å²) in [6.07, 6.45) is 3.14. The molecule has 5 rings (SSSR count). The molecule has 0 aromatic heterocycles. The van der Waals surface area contributed by atoms with Crippen LogP contribution in [0.2, 0.25) is 0 Å². The fourth-order valence-corrected chi connectivity index (χ4v) is 5.82. The molecule has 0 saturated carbocycles. The van der Waals surface area contributed by atoms with E-state index >= 15 is 0 Å². The number of nitrogens with zero attached hydrogens (tertiary/aromatic N) is 1. The Labute approximate surface area is 212 Å². The highest BCUT2D eigenvalue weighted by Crippen LogP contribution is 2.49. The van der Waals surface area contributed by atoms with Gasteiger partial charge in [0.05, 0.1) is 0 Å². The van der Waals surface area contributed by atoms with Gasteiger partial charge in [0.25, 0.3) is 0 Å². The van der Waals surface area contributed by atoms with Gasteiger partial charge >= 0.3 is 5.97 Å². The van der Waals surface area contributed by atoms with Crippen molar-refractivity contribution in [3.63, 3.8) is 0 Å². The molecule has 2 atom stereocenters. The van der Waals surface area contributed by atoms with Gasteiger partial charge in [0.2, 0.25) is 0 Å². The molecule has 1 heterocycles. The first-order chi connectivity index (χ1) is 17.5. The third-order valence-electron chi connectivity index (χ3n) is 7.44. The second kappa shape index (κ2) is 10.2. The maximum absolute atomic E-state index is 14.2. The standard InChI is InChI=1S/C31H31NO4/c1-22(21-32-19-11-4-12-20-32)36-30(35)27(23-13-5-2-6-14-23)31(24-15-7-3-8-16-24)28(33)25-17-9-10-18-26(25)29(31)34/h2-3,5-10,13-18,22,27H,4,11-12,19-21H2,1H3. The molecule has 1 saturated heterocycles. The van der Waals surface area contributed by atoms with E-state index in [0.29, 0.717) is 28.8 Å². The highest BCUT2D eigenvalue weighted by molar-refractivity contribution is 6.35. The first kappa shape index (κ1) is 24.1. The molecule has 1 fully saturated rings. The quantitative estimate of drug-likeness (QED) is 0.343. The summed E-state index contributed by atoms with van der Waals surface area (Å²) in [4.78, 5) is 44.8. The SMILES string of the molecule is CC(CN1CCCCC1)OC(=O)C(c1ccccc1)C1(c2ccccc2)C(=O)c2ccccc2C1=O. The molecule has 3 aromatic rings. The Hall–Kier alpha value is -3.57. The van der Waals surface area contributed by atoms with Gasteiger partial charge in [0, 0.05) is 17.7 Å². The molecular formula is C31H31NO4. The Morgan fingerprint density at radius 2 is 1.33 bits per heavy atom. The van der Waals surface area contributed by atoms with Gasteiger partial charge in [0.1, 0.15) is 17.4 Å². The number of benzene rings is 3. The van der Waals surface area contributed by atoms with Gasteiger partial charge < -0.3 is 4.74 Å². The van der Waals surface area contributed by atoms with E-state index in [1.54, 1.807) is 60.7 Å². The van der Waals surface area contributed by atoms with Crippen LogP contribution in [0.4, 0.5) is 0 Å². The number of hydrogen-bond acceptors (Lipinski definition) is 5. The Morgan fingerprint density at radius 3 is 1.92 bits per heavy atom. The average Bonchev–Trinajstić information content (AvgIpc) is 3.13. The van der Waals surface area contributed by atoms with Gasteiger partial charge in [-0.15, -0.1) is 0 Å². The summed E-state index contributed by atoms with van der Waals surface area (Å²) in [6, 6.07) is 24.9.